The van der Waals surface area contributed by atoms with Crippen LogP contribution in [0.25, 0.3) is 0 Å². The number of ketones is 1. The third-order valence-electron chi connectivity index (χ3n) is 1.41. The minimum Gasteiger partial charge on any atom is -0.506 e. The first-order chi connectivity index (χ1) is 5.52. The molecule has 0 aliphatic rings. The summed E-state index contributed by atoms with van der Waals surface area (Å²) in [7, 11) is 0. The summed E-state index contributed by atoms with van der Waals surface area (Å²) >= 11 is 7.62. The Hall–Kier alpha value is -0.290. The Morgan fingerprint density at radius 3 is 2.67 bits per heavy atom. The number of hydrogen-bond donors (Lipinski definition) is 1. The lowest BCUT2D eigenvalue weighted by Crippen LogP contribution is -1.93. The number of hydrogen-bond acceptors (Lipinski definition) is 2. The smallest absolute Gasteiger partial charge is 0.163 e. The van der Waals surface area contributed by atoms with E-state index in [0.717, 1.165) is 0 Å². The normalized spacial score (nSPS) is 9.92. The number of aromatic hydroxyl groups is 1. The second-order valence-electron chi connectivity index (χ2n) is 2.34. The van der Waals surface area contributed by atoms with Gasteiger partial charge in [-0.25, -0.2) is 0 Å². The van der Waals surface area contributed by atoms with E-state index in [-0.39, 0.29) is 17.1 Å². The molecular weight excluding hydrogens is 290 g/mol. The molecule has 0 heterocycles. The van der Waals surface area contributed by atoms with Gasteiger partial charge in [-0.05, 0) is 41.6 Å². The van der Waals surface area contributed by atoms with Crippen molar-refractivity contribution in [3.63, 3.8) is 0 Å². The van der Waals surface area contributed by atoms with Crippen molar-refractivity contribution in [3.8, 4) is 5.75 Å². The second kappa shape index (κ2) is 3.62. The van der Waals surface area contributed by atoms with Gasteiger partial charge in [-0.1, -0.05) is 11.6 Å². The van der Waals surface area contributed by atoms with Crippen LogP contribution in [0.3, 0.4) is 0 Å². The SMILES string of the molecule is CC(=O)c1cc(Cl)cc(I)c1O. The van der Waals surface area contributed by atoms with E-state index in [1.807, 2.05) is 22.6 Å². The highest BCUT2D eigenvalue weighted by molar-refractivity contribution is 14.1. The van der Waals surface area contributed by atoms with Crippen molar-refractivity contribution >= 4 is 40.0 Å². The zero-order chi connectivity index (χ0) is 9.30. The van der Waals surface area contributed by atoms with E-state index < -0.39 is 0 Å². The summed E-state index contributed by atoms with van der Waals surface area (Å²) in [5.74, 6) is -0.180. The Morgan fingerprint density at radius 2 is 2.17 bits per heavy atom. The number of carbonyl (C=O) groups is 1. The van der Waals surface area contributed by atoms with Crippen LogP contribution in [0.2, 0.25) is 5.02 Å². The molecule has 0 aliphatic heterocycles. The van der Waals surface area contributed by atoms with Crippen LogP contribution in [0.1, 0.15) is 17.3 Å². The Bertz CT molecular complexity index is 336. The number of Topliss-reactive ketones (excluding diaryl/α,β-unsaturated/α-hetero) is 1. The van der Waals surface area contributed by atoms with E-state index in [9.17, 15) is 9.90 Å². The number of benzene rings is 1. The van der Waals surface area contributed by atoms with Gasteiger partial charge in [-0.15, -0.1) is 0 Å². The third kappa shape index (κ3) is 1.90. The predicted octanol–water partition coefficient (Wildman–Crippen LogP) is 2.85. The van der Waals surface area contributed by atoms with Crippen LogP contribution in [0.15, 0.2) is 12.1 Å². The molecule has 0 aliphatic carbocycles. The maximum absolute atomic E-state index is 10.9. The molecule has 1 rings (SSSR count). The largest absolute Gasteiger partial charge is 0.506 e. The maximum atomic E-state index is 10.9. The number of phenolic OH excluding ortho intramolecular Hbond substituents is 1. The summed E-state index contributed by atoms with van der Waals surface area (Å²) in [5, 5.41) is 9.87. The molecule has 1 aromatic carbocycles. The van der Waals surface area contributed by atoms with Crippen LogP contribution in [0.5, 0.6) is 5.75 Å². The number of halogens is 2. The monoisotopic (exact) mass is 296 g/mol. The molecule has 4 heteroatoms. The molecule has 0 saturated heterocycles. The van der Waals surface area contributed by atoms with Crippen molar-refractivity contribution in [2.24, 2.45) is 0 Å². The third-order valence-corrected chi connectivity index (χ3v) is 2.45. The van der Waals surface area contributed by atoms with Crippen molar-refractivity contribution in [1.82, 2.24) is 0 Å². The minimum atomic E-state index is -0.187. The molecule has 0 unspecified atom stereocenters. The molecule has 1 N–H and O–H groups in total. The van der Waals surface area contributed by atoms with Crippen molar-refractivity contribution in [3.05, 3.63) is 26.3 Å². The standard InChI is InChI=1S/C8H6ClIO2/c1-4(11)6-2-5(9)3-7(10)8(6)12/h2-3,12H,1H3. The Labute approximate surface area is 88.7 Å². The first kappa shape index (κ1) is 9.80. The Balaban J connectivity index is 3.37. The summed E-state index contributed by atoms with van der Waals surface area (Å²) in [6, 6.07) is 3.06. The maximum Gasteiger partial charge on any atom is 0.163 e. The molecule has 0 amide bonds. The van der Waals surface area contributed by atoms with Gasteiger partial charge in [0, 0.05) is 5.02 Å². The van der Waals surface area contributed by atoms with E-state index in [2.05, 4.69) is 0 Å². The Morgan fingerprint density at radius 1 is 1.58 bits per heavy atom. The molecule has 12 heavy (non-hydrogen) atoms. The van der Waals surface area contributed by atoms with Crippen LogP contribution < -0.4 is 0 Å². The van der Waals surface area contributed by atoms with Crippen LogP contribution in [0, 0.1) is 3.57 Å². The lowest BCUT2D eigenvalue weighted by atomic mass is 10.1. The minimum absolute atomic E-state index is 0.00694. The van der Waals surface area contributed by atoms with Crippen LogP contribution in [-0.4, -0.2) is 10.9 Å². The van der Waals surface area contributed by atoms with E-state index >= 15 is 0 Å². The van der Waals surface area contributed by atoms with Crippen LogP contribution in [-0.2, 0) is 0 Å². The average Bonchev–Trinajstić information content (AvgIpc) is 1.96. The predicted molar refractivity (Wildman–Crippen MR) is 55.8 cm³/mol. The fraction of sp³-hybridized carbons (Fsp3) is 0.125. The van der Waals surface area contributed by atoms with Gasteiger partial charge in [0.05, 0.1) is 9.13 Å². The summed E-state index contributed by atoms with van der Waals surface area (Å²) in [6.45, 7) is 1.39. The van der Waals surface area contributed by atoms with Gasteiger partial charge in [0.1, 0.15) is 5.75 Å². The molecule has 0 fully saturated rings. The van der Waals surface area contributed by atoms with Gasteiger partial charge in [-0.3, -0.25) is 4.79 Å². The quantitative estimate of drug-likeness (QED) is 0.639. The lowest BCUT2D eigenvalue weighted by Gasteiger charge is -2.02. The van der Waals surface area contributed by atoms with Crippen LogP contribution in [0.4, 0.5) is 0 Å². The van der Waals surface area contributed by atoms with Gasteiger partial charge >= 0.3 is 0 Å². The van der Waals surface area contributed by atoms with E-state index in [1.165, 1.54) is 13.0 Å². The average molecular weight is 296 g/mol. The fourth-order valence-electron chi connectivity index (χ4n) is 0.834. The molecule has 0 aromatic heterocycles. The summed E-state index contributed by atoms with van der Waals surface area (Å²) in [5.41, 5.74) is 0.270. The molecular formula is C8H6ClIO2. The highest BCUT2D eigenvalue weighted by Crippen LogP contribution is 2.28. The van der Waals surface area contributed by atoms with E-state index in [0.29, 0.717) is 8.59 Å². The second-order valence-corrected chi connectivity index (χ2v) is 3.94. The molecule has 2 nitrogen and oxygen atoms in total. The van der Waals surface area contributed by atoms with Crippen LogP contribution >= 0.6 is 34.2 Å². The lowest BCUT2D eigenvalue weighted by molar-refractivity contribution is 0.101. The summed E-state index contributed by atoms with van der Waals surface area (Å²) in [6.07, 6.45) is 0. The van der Waals surface area contributed by atoms with Gasteiger partial charge in [0.25, 0.3) is 0 Å². The highest BCUT2D eigenvalue weighted by Gasteiger charge is 2.10. The van der Waals surface area contributed by atoms with Crippen molar-refractivity contribution in [2.75, 3.05) is 0 Å². The molecule has 0 saturated carbocycles. The van der Waals surface area contributed by atoms with Gasteiger partial charge < -0.3 is 5.11 Å². The van der Waals surface area contributed by atoms with Gasteiger partial charge in [-0.2, -0.15) is 0 Å². The first-order valence-electron chi connectivity index (χ1n) is 3.21. The number of rotatable bonds is 1. The van der Waals surface area contributed by atoms with Crippen molar-refractivity contribution < 1.29 is 9.90 Å². The molecule has 0 atom stereocenters. The van der Waals surface area contributed by atoms with Gasteiger partial charge in [0.2, 0.25) is 0 Å². The molecule has 0 radical (unpaired) electrons. The number of phenols is 1. The zero-order valence-corrected chi connectivity index (χ0v) is 9.18. The fourth-order valence-corrected chi connectivity index (χ4v) is 1.86. The molecule has 0 bridgehead atoms. The summed E-state index contributed by atoms with van der Waals surface area (Å²) < 4.78 is 0.588. The Kier molecular flexibility index (Phi) is 2.95. The molecule has 0 spiro atoms. The number of carbonyl (C=O) groups excluding carboxylic acids is 1. The van der Waals surface area contributed by atoms with E-state index in [4.69, 9.17) is 11.6 Å². The topological polar surface area (TPSA) is 37.3 Å². The summed E-state index contributed by atoms with van der Waals surface area (Å²) in [4.78, 5) is 10.9. The highest BCUT2D eigenvalue weighted by atomic mass is 127. The molecule has 1 aromatic rings. The van der Waals surface area contributed by atoms with Gasteiger partial charge in [0.15, 0.2) is 5.78 Å². The van der Waals surface area contributed by atoms with Crippen molar-refractivity contribution in [1.29, 1.82) is 0 Å². The van der Waals surface area contributed by atoms with Crippen molar-refractivity contribution in [2.45, 2.75) is 6.92 Å². The molecule has 64 valence electrons. The zero-order valence-electron chi connectivity index (χ0n) is 6.27. The van der Waals surface area contributed by atoms with E-state index in [1.54, 1.807) is 6.07 Å². The first-order valence-corrected chi connectivity index (χ1v) is 4.67.